The highest BCUT2D eigenvalue weighted by Gasteiger charge is 2.55. The van der Waals surface area contributed by atoms with Crippen LogP contribution in [0.25, 0.3) is 0 Å². The number of hydrogen-bond donors (Lipinski definition) is 1. The van der Waals surface area contributed by atoms with E-state index in [1.54, 1.807) is 0 Å². The molecular formula is C23H38N2. The van der Waals surface area contributed by atoms with Gasteiger partial charge in [0.25, 0.3) is 0 Å². The second-order valence-electron chi connectivity index (χ2n) is 10.6. The molecule has 0 unspecified atom stereocenters. The van der Waals surface area contributed by atoms with Gasteiger partial charge in [0, 0.05) is 12.6 Å². The van der Waals surface area contributed by atoms with Crippen LogP contribution in [-0.2, 0) is 0 Å². The van der Waals surface area contributed by atoms with Crippen LogP contribution in [0.1, 0.15) is 71.6 Å². The molecule has 5 aliphatic rings. The number of nitrogens with zero attached hydrogens (tertiary/aromatic N) is 1. The van der Waals surface area contributed by atoms with Crippen LogP contribution in [0.3, 0.4) is 0 Å². The Morgan fingerprint density at radius 2 is 1.88 bits per heavy atom. The van der Waals surface area contributed by atoms with Crippen molar-refractivity contribution in [2.75, 3.05) is 26.2 Å². The van der Waals surface area contributed by atoms with Crippen molar-refractivity contribution in [2.45, 2.75) is 77.7 Å². The molecule has 5 rings (SSSR count). The first kappa shape index (κ1) is 16.8. The van der Waals surface area contributed by atoms with E-state index in [4.69, 9.17) is 0 Å². The molecule has 2 nitrogen and oxygen atoms in total. The topological polar surface area (TPSA) is 15.3 Å². The first-order valence-electron chi connectivity index (χ1n) is 11.2. The fourth-order valence-electron chi connectivity index (χ4n) is 7.87. The molecule has 2 saturated carbocycles. The number of hydrogen-bond acceptors (Lipinski definition) is 2. The summed E-state index contributed by atoms with van der Waals surface area (Å²) in [4.78, 5) is 2.82. The smallest absolute Gasteiger partial charge is 0.0133 e. The van der Waals surface area contributed by atoms with Crippen molar-refractivity contribution < 1.29 is 0 Å². The minimum absolute atomic E-state index is 0.533. The van der Waals surface area contributed by atoms with Crippen LogP contribution in [0.2, 0.25) is 0 Å². The molecule has 0 bridgehead atoms. The minimum atomic E-state index is 0.533. The molecule has 2 saturated heterocycles. The first-order valence-corrected chi connectivity index (χ1v) is 11.2. The van der Waals surface area contributed by atoms with E-state index < -0.39 is 0 Å². The average molecular weight is 343 g/mol. The van der Waals surface area contributed by atoms with E-state index in [0.29, 0.717) is 10.8 Å². The summed E-state index contributed by atoms with van der Waals surface area (Å²) >= 11 is 0. The molecule has 4 fully saturated rings. The van der Waals surface area contributed by atoms with Gasteiger partial charge in [-0.15, -0.1) is 0 Å². The largest absolute Gasteiger partial charge is 0.316 e. The van der Waals surface area contributed by atoms with E-state index in [1.807, 2.05) is 5.57 Å². The molecule has 0 aromatic rings. The highest BCUT2D eigenvalue weighted by atomic mass is 15.2. The lowest BCUT2D eigenvalue weighted by molar-refractivity contribution is -0.0593. The van der Waals surface area contributed by atoms with Gasteiger partial charge in [-0.3, -0.25) is 0 Å². The lowest BCUT2D eigenvalue weighted by Crippen LogP contribution is -2.56. The van der Waals surface area contributed by atoms with Crippen molar-refractivity contribution in [1.29, 1.82) is 0 Å². The SMILES string of the molecule is C[C@]12CC[C@H]3[C@@H](CC=C4C[C@@H](N5CCCC5)CC[C@@]43C)[C@@H]1CCNC2. The molecule has 0 spiro atoms. The molecule has 6 atom stereocenters. The fraction of sp³-hybridized carbons (Fsp3) is 0.913. The molecule has 0 aromatic heterocycles. The summed E-state index contributed by atoms with van der Waals surface area (Å²) in [5, 5.41) is 3.70. The third-order valence-electron chi connectivity index (χ3n) is 9.41. The maximum Gasteiger partial charge on any atom is 0.0133 e. The first-order chi connectivity index (χ1) is 12.1. The summed E-state index contributed by atoms with van der Waals surface area (Å²) in [5.41, 5.74) is 2.98. The van der Waals surface area contributed by atoms with Gasteiger partial charge in [0.1, 0.15) is 0 Å². The molecule has 0 radical (unpaired) electrons. The van der Waals surface area contributed by atoms with Gasteiger partial charge < -0.3 is 10.2 Å². The Hall–Kier alpha value is -0.340. The molecular weight excluding hydrogens is 304 g/mol. The molecule has 0 aromatic carbocycles. The quantitative estimate of drug-likeness (QED) is 0.700. The van der Waals surface area contributed by atoms with E-state index in [-0.39, 0.29) is 0 Å². The third kappa shape index (κ3) is 2.57. The van der Waals surface area contributed by atoms with Crippen molar-refractivity contribution in [1.82, 2.24) is 10.2 Å². The Balaban J connectivity index is 1.39. The summed E-state index contributed by atoms with van der Waals surface area (Å²) in [6.07, 6.45) is 15.7. The summed E-state index contributed by atoms with van der Waals surface area (Å²) in [5.74, 6) is 2.92. The lowest BCUT2D eigenvalue weighted by atomic mass is 9.46. The zero-order valence-corrected chi connectivity index (χ0v) is 16.5. The molecule has 2 aliphatic heterocycles. The highest BCUT2D eigenvalue weighted by molar-refractivity contribution is 5.25. The van der Waals surface area contributed by atoms with Crippen LogP contribution in [0.4, 0.5) is 0 Å². The summed E-state index contributed by atoms with van der Waals surface area (Å²) in [6.45, 7) is 10.5. The Bertz CT molecular complexity index is 548. The predicted molar refractivity (Wildman–Crippen MR) is 105 cm³/mol. The summed E-state index contributed by atoms with van der Waals surface area (Å²) in [7, 11) is 0. The predicted octanol–water partition coefficient (Wildman–Crippen LogP) is 4.61. The summed E-state index contributed by atoms with van der Waals surface area (Å²) in [6, 6.07) is 0.867. The van der Waals surface area contributed by atoms with Crippen molar-refractivity contribution >= 4 is 0 Å². The van der Waals surface area contributed by atoms with Crippen molar-refractivity contribution in [3.8, 4) is 0 Å². The highest BCUT2D eigenvalue weighted by Crippen LogP contribution is 2.62. The van der Waals surface area contributed by atoms with Gasteiger partial charge >= 0.3 is 0 Å². The third-order valence-corrected chi connectivity index (χ3v) is 9.41. The van der Waals surface area contributed by atoms with E-state index >= 15 is 0 Å². The molecule has 1 N–H and O–H groups in total. The van der Waals surface area contributed by atoms with Crippen LogP contribution in [0.5, 0.6) is 0 Å². The molecule has 25 heavy (non-hydrogen) atoms. The van der Waals surface area contributed by atoms with Gasteiger partial charge in [0.05, 0.1) is 0 Å². The van der Waals surface area contributed by atoms with Crippen molar-refractivity contribution in [3.63, 3.8) is 0 Å². The van der Waals surface area contributed by atoms with Crippen LogP contribution < -0.4 is 5.32 Å². The normalized spacial score (nSPS) is 50.6. The van der Waals surface area contributed by atoms with Crippen LogP contribution in [0.15, 0.2) is 11.6 Å². The number of allylic oxidation sites excluding steroid dienone is 1. The van der Waals surface area contributed by atoms with Gasteiger partial charge in [-0.1, -0.05) is 25.5 Å². The number of fused-ring (bicyclic) bond motifs is 5. The zero-order chi connectivity index (χ0) is 17.1. The van der Waals surface area contributed by atoms with E-state index in [2.05, 4.69) is 30.1 Å². The van der Waals surface area contributed by atoms with Crippen LogP contribution >= 0.6 is 0 Å². The number of nitrogens with one attached hydrogen (secondary N) is 1. The number of rotatable bonds is 1. The molecule has 2 heterocycles. The Labute approximate surface area is 154 Å². The second kappa shape index (κ2) is 6.09. The van der Waals surface area contributed by atoms with E-state index in [9.17, 15) is 0 Å². The molecule has 140 valence electrons. The van der Waals surface area contributed by atoms with Crippen molar-refractivity contribution in [3.05, 3.63) is 11.6 Å². The maximum absolute atomic E-state index is 3.70. The van der Waals surface area contributed by atoms with Gasteiger partial charge in [0.15, 0.2) is 0 Å². The fourth-order valence-corrected chi connectivity index (χ4v) is 7.87. The maximum atomic E-state index is 3.70. The average Bonchev–Trinajstić information content (AvgIpc) is 3.15. The van der Waals surface area contributed by atoms with E-state index in [0.717, 1.165) is 23.8 Å². The standard InChI is InChI=1S/C23H38N2/c1-22-10-8-21-19(20(22)9-12-24-16-22)6-5-17-15-18(7-11-23(17,21)2)25-13-3-4-14-25/h5,18-21,24H,3-4,6-16H2,1-2H3/t18-,19-,20-,21-,22+,23-/m0/s1. The van der Waals surface area contributed by atoms with Crippen LogP contribution in [0, 0.1) is 28.6 Å². The summed E-state index contributed by atoms with van der Waals surface area (Å²) < 4.78 is 0. The molecule has 0 amide bonds. The van der Waals surface area contributed by atoms with Gasteiger partial charge in [-0.05, 0) is 106 Å². The Kier molecular flexibility index (Phi) is 4.09. The Morgan fingerprint density at radius 3 is 2.72 bits per heavy atom. The van der Waals surface area contributed by atoms with Gasteiger partial charge in [-0.25, -0.2) is 0 Å². The van der Waals surface area contributed by atoms with Crippen LogP contribution in [-0.4, -0.2) is 37.1 Å². The van der Waals surface area contributed by atoms with Gasteiger partial charge in [-0.2, -0.15) is 0 Å². The lowest BCUT2D eigenvalue weighted by Gasteiger charge is -2.60. The Morgan fingerprint density at radius 1 is 1.04 bits per heavy atom. The second-order valence-corrected chi connectivity index (χ2v) is 10.6. The zero-order valence-electron chi connectivity index (χ0n) is 16.5. The van der Waals surface area contributed by atoms with E-state index in [1.165, 1.54) is 84.0 Å². The number of likely N-dealkylation sites (tertiary alicyclic amines) is 1. The molecule has 3 aliphatic carbocycles. The monoisotopic (exact) mass is 342 g/mol. The number of piperidine rings is 1. The molecule has 2 heteroatoms. The minimum Gasteiger partial charge on any atom is -0.316 e. The van der Waals surface area contributed by atoms with Gasteiger partial charge in [0.2, 0.25) is 0 Å². The van der Waals surface area contributed by atoms with Crippen molar-refractivity contribution in [2.24, 2.45) is 28.6 Å².